The molecule has 124 valence electrons. The topological polar surface area (TPSA) is 114 Å². The van der Waals surface area contributed by atoms with Crippen LogP contribution < -0.4 is 10.2 Å². The maximum atomic E-state index is 11.9. The second kappa shape index (κ2) is 7.73. The molecule has 0 aliphatic heterocycles. The number of nitrogens with one attached hydrogen (secondary N) is 1. The Kier molecular flexibility index (Phi) is 5.45. The first-order chi connectivity index (χ1) is 11.5. The van der Waals surface area contributed by atoms with Crippen molar-refractivity contribution in [3.8, 4) is 11.5 Å². The summed E-state index contributed by atoms with van der Waals surface area (Å²) in [6.07, 6.45) is 1.08. The zero-order valence-corrected chi connectivity index (χ0v) is 12.8. The molecule has 0 saturated carbocycles. The van der Waals surface area contributed by atoms with Crippen molar-refractivity contribution in [2.24, 2.45) is 5.10 Å². The van der Waals surface area contributed by atoms with Gasteiger partial charge in [-0.1, -0.05) is 24.3 Å². The van der Waals surface area contributed by atoms with E-state index in [1.807, 2.05) is 0 Å². The van der Waals surface area contributed by atoms with Crippen molar-refractivity contribution < 1.29 is 19.6 Å². The summed E-state index contributed by atoms with van der Waals surface area (Å²) < 4.78 is 4.96. The highest BCUT2D eigenvalue weighted by Gasteiger charge is 2.15. The Hall–Kier alpha value is -3.42. The number of nitro benzene ring substituents is 1. The number of rotatable bonds is 6. The van der Waals surface area contributed by atoms with Gasteiger partial charge in [-0.15, -0.1) is 0 Å². The number of amides is 1. The lowest BCUT2D eigenvalue weighted by Crippen LogP contribution is -2.20. The number of aromatic hydroxyl groups is 1. The fourth-order valence-electron chi connectivity index (χ4n) is 2.03. The third-order valence-corrected chi connectivity index (χ3v) is 3.18. The third-order valence-electron chi connectivity index (χ3n) is 3.18. The lowest BCUT2D eigenvalue weighted by atomic mass is 10.1. The maximum Gasteiger partial charge on any atom is 0.273 e. The van der Waals surface area contributed by atoms with E-state index in [1.54, 1.807) is 24.3 Å². The Bertz CT molecular complexity index is 789. The van der Waals surface area contributed by atoms with Crippen LogP contribution in [0.2, 0.25) is 0 Å². The van der Waals surface area contributed by atoms with Gasteiger partial charge in [-0.2, -0.15) is 5.10 Å². The van der Waals surface area contributed by atoms with Gasteiger partial charge in [-0.05, 0) is 12.1 Å². The second-order valence-electron chi connectivity index (χ2n) is 4.75. The fourth-order valence-corrected chi connectivity index (χ4v) is 2.03. The highest BCUT2D eigenvalue weighted by Crippen LogP contribution is 2.27. The summed E-state index contributed by atoms with van der Waals surface area (Å²) in [5.41, 5.74) is 2.80. The van der Waals surface area contributed by atoms with Crippen LogP contribution in [0.4, 0.5) is 5.69 Å². The van der Waals surface area contributed by atoms with Gasteiger partial charge in [0.05, 0.1) is 24.7 Å². The van der Waals surface area contributed by atoms with Crippen LogP contribution in [0, 0.1) is 10.1 Å². The quantitative estimate of drug-likeness (QED) is 0.478. The van der Waals surface area contributed by atoms with Gasteiger partial charge >= 0.3 is 0 Å². The highest BCUT2D eigenvalue weighted by molar-refractivity contribution is 5.86. The first kappa shape index (κ1) is 16.9. The van der Waals surface area contributed by atoms with Gasteiger partial charge in [0.25, 0.3) is 5.69 Å². The van der Waals surface area contributed by atoms with Crippen LogP contribution in [0.25, 0.3) is 0 Å². The highest BCUT2D eigenvalue weighted by atomic mass is 16.6. The van der Waals surface area contributed by atoms with Crippen LogP contribution in [0.15, 0.2) is 47.6 Å². The van der Waals surface area contributed by atoms with Crippen LogP contribution in [0.3, 0.4) is 0 Å². The molecular weight excluding hydrogens is 314 g/mol. The van der Waals surface area contributed by atoms with E-state index in [-0.39, 0.29) is 23.6 Å². The first-order valence-electron chi connectivity index (χ1n) is 6.93. The average molecular weight is 329 g/mol. The summed E-state index contributed by atoms with van der Waals surface area (Å²) in [6, 6.07) is 10.8. The normalized spacial score (nSPS) is 10.5. The Balaban J connectivity index is 2.03. The van der Waals surface area contributed by atoms with Crippen LogP contribution >= 0.6 is 0 Å². The van der Waals surface area contributed by atoms with Gasteiger partial charge in [0, 0.05) is 17.2 Å². The molecule has 0 atom stereocenters. The zero-order valence-electron chi connectivity index (χ0n) is 12.8. The number of hydrazone groups is 1. The van der Waals surface area contributed by atoms with Gasteiger partial charge < -0.3 is 9.84 Å². The number of benzene rings is 2. The number of carbonyl (C=O) groups is 1. The van der Waals surface area contributed by atoms with E-state index in [4.69, 9.17) is 4.74 Å². The molecule has 0 radical (unpaired) electrons. The monoisotopic (exact) mass is 329 g/mol. The van der Waals surface area contributed by atoms with Crippen LogP contribution in [-0.4, -0.2) is 29.3 Å². The van der Waals surface area contributed by atoms with Crippen molar-refractivity contribution in [3.05, 3.63) is 63.7 Å². The van der Waals surface area contributed by atoms with Gasteiger partial charge in [0.2, 0.25) is 5.91 Å². The maximum absolute atomic E-state index is 11.9. The van der Waals surface area contributed by atoms with E-state index in [2.05, 4.69) is 10.5 Å². The molecule has 8 heteroatoms. The van der Waals surface area contributed by atoms with Crippen LogP contribution in [0.5, 0.6) is 11.5 Å². The van der Waals surface area contributed by atoms with E-state index in [0.717, 1.165) is 0 Å². The number of hydrogen-bond acceptors (Lipinski definition) is 6. The molecule has 0 heterocycles. The van der Waals surface area contributed by atoms with E-state index >= 15 is 0 Å². The zero-order chi connectivity index (χ0) is 17.5. The molecule has 2 N–H and O–H groups in total. The molecule has 0 bridgehead atoms. The number of para-hydroxylation sites is 2. The van der Waals surface area contributed by atoms with Gasteiger partial charge in [0.15, 0.2) is 11.5 Å². The van der Waals surface area contributed by atoms with Gasteiger partial charge in [0.1, 0.15) is 0 Å². The molecule has 1 amide bonds. The standard InChI is InChI=1S/C16H15N3O5/c1-24-14-8-4-6-12(16(14)21)10-17-18-15(20)9-11-5-2-3-7-13(11)19(22)23/h2-8,10,21H,9H2,1H3,(H,18,20). The summed E-state index contributed by atoms with van der Waals surface area (Å²) in [5, 5.41) is 24.5. The number of nitrogens with zero attached hydrogens (tertiary/aromatic N) is 2. The summed E-state index contributed by atoms with van der Waals surface area (Å²) in [5.74, 6) is -0.329. The smallest absolute Gasteiger partial charge is 0.273 e. The molecule has 8 nitrogen and oxygen atoms in total. The summed E-state index contributed by atoms with van der Waals surface area (Å²) in [6.45, 7) is 0. The van der Waals surface area contributed by atoms with Gasteiger partial charge in [-0.25, -0.2) is 5.43 Å². The number of phenolic OH excluding ortho intramolecular Hbond substituents is 1. The van der Waals surface area contributed by atoms with Crippen LogP contribution in [0.1, 0.15) is 11.1 Å². The summed E-state index contributed by atoms with van der Waals surface area (Å²) in [7, 11) is 1.42. The van der Waals surface area contributed by atoms with Crippen molar-refractivity contribution in [3.63, 3.8) is 0 Å². The number of methoxy groups -OCH3 is 1. The SMILES string of the molecule is COc1cccc(C=NNC(=O)Cc2ccccc2[N+](=O)[O-])c1O. The molecule has 0 aliphatic rings. The van der Waals surface area contributed by atoms with Crippen molar-refractivity contribution in [1.82, 2.24) is 5.43 Å². The molecule has 0 aromatic heterocycles. The van der Waals surface area contributed by atoms with E-state index < -0.39 is 10.8 Å². The third kappa shape index (κ3) is 4.07. The van der Waals surface area contributed by atoms with Crippen molar-refractivity contribution in [1.29, 1.82) is 0 Å². The molecule has 24 heavy (non-hydrogen) atoms. The lowest BCUT2D eigenvalue weighted by Gasteiger charge is -2.05. The molecule has 0 unspecified atom stereocenters. The Morgan fingerprint density at radius 2 is 2.08 bits per heavy atom. The Morgan fingerprint density at radius 1 is 1.33 bits per heavy atom. The average Bonchev–Trinajstić information content (AvgIpc) is 2.56. The number of ether oxygens (including phenoxy) is 1. The first-order valence-corrected chi connectivity index (χ1v) is 6.93. The number of phenols is 1. The fraction of sp³-hybridized carbons (Fsp3) is 0.125. The Morgan fingerprint density at radius 3 is 2.79 bits per heavy atom. The van der Waals surface area contributed by atoms with Crippen molar-refractivity contribution >= 4 is 17.8 Å². The van der Waals surface area contributed by atoms with E-state index in [0.29, 0.717) is 11.1 Å². The molecule has 0 saturated heterocycles. The molecule has 0 fully saturated rings. The molecule has 0 aliphatic carbocycles. The van der Waals surface area contributed by atoms with Crippen LogP contribution in [-0.2, 0) is 11.2 Å². The Labute approximate surface area is 137 Å². The predicted molar refractivity (Wildman–Crippen MR) is 87.2 cm³/mol. The van der Waals surface area contributed by atoms with Crippen molar-refractivity contribution in [2.45, 2.75) is 6.42 Å². The molecule has 2 aromatic carbocycles. The number of nitro groups is 1. The molecule has 2 rings (SSSR count). The second-order valence-corrected chi connectivity index (χ2v) is 4.75. The van der Waals surface area contributed by atoms with Crippen molar-refractivity contribution in [2.75, 3.05) is 7.11 Å². The van der Waals surface area contributed by atoms with E-state index in [1.165, 1.54) is 31.5 Å². The number of carbonyl (C=O) groups excluding carboxylic acids is 1. The summed E-state index contributed by atoms with van der Waals surface area (Å²) in [4.78, 5) is 22.2. The minimum absolute atomic E-state index is 0.100. The van der Waals surface area contributed by atoms with Gasteiger partial charge in [-0.3, -0.25) is 14.9 Å². The number of hydrogen-bond donors (Lipinski definition) is 2. The minimum Gasteiger partial charge on any atom is -0.504 e. The largest absolute Gasteiger partial charge is 0.504 e. The molecule has 2 aromatic rings. The lowest BCUT2D eigenvalue weighted by molar-refractivity contribution is -0.385. The predicted octanol–water partition coefficient (Wildman–Crippen LogP) is 2.00. The molecule has 0 spiro atoms. The minimum atomic E-state index is -0.542. The summed E-state index contributed by atoms with van der Waals surface area (Å²) >= 11 is 0. The van der Waals surface area contributed by atoms with E-state index in [9.17, 15) is 20.0 Å². The molecular formula is C16H15N3O5.